The molecule has 4 heteroatoms. The summed E-state index contributed by atoms with van der Waals surface area (Å²) in [7, 11) is 0. The maximum atomic E-state index is 5.57. The predicted molar refractivity (Wildman–Crippen MR) is 83.3 cm³/mol. The first-order chi connectivity index (χ1) is 9.60. The molecule has 1 aromatic heterocycles. The molecule has 0 bridgehead atoms. The van der Waals surface area contributed by atoms with Gasteiger partial charge in [0.1, 0.15) is 5.01 Å². The zero-order valence-electron chi connectivity index (χ0n) is 12.9. The van der Waals surface area contributed by atoms with Crippen LogP contribution < -0.4 is 5.32 Å². The van der Waals surface area contributed by atoms with Crippen LogP contribution in [0.5, 0.6) is 0 Å². The number of nitrogens with zero attached hydrogens (tertiary/aromatic N) is 1. The highest BCUT2D eigenvalue weighted by Crippen LogP contribution is 2.41. The topological polar surface area (TPSA) is 34.1 Å². The van der Waals surface area contributed by atoms with Crippen molar-refractivity contribution in [2.45, 2.75) is 52.5 Å². The lowest BCUT2D eigenvalue weighted by Crippen LogP contribution is -2.34. The number of fused-ring (bicyclic) bond motifs is 1. The van der Waals surface area contributed by atoms with Crippen LogP contribution in [-0.4, -0.2) is 24.7 Å². The molecule has 3 rings (SSSR count). The molecule has 2 aliphatic rings. The van der Waals surface area contributed by atoms with Crippen LogP contribution >= 0.6 is 11.3 Å². The minimum absolute atomic E-state index is 0.317. The first kappa shape index (κ1) is 14.5. The number of ether oxygens (including phenoxy) is 1. The Morgan fingerprint density at radius 1 is 1.45 bits per heavy atom. The normalized spacial score (nSPS) is 27.4. The van der Waals surface area contributed by atoms with E-state index in [1.165, 1.54) is 34.8 Å². The molecule has 3 nitrogen and oxygen atoms in total. The van der Waals surface area contributed by atoms with Crippen molar-refractivity contribution in [2.24, 2.45) is 11.3 Å². The van der Waals surface area contributed by atoms with Gasteiger partial charge in [0, 0.05) is 11.4 Å². The first-order valence-electron chi connectivity index (χ1n) is 7.89. The number of morpholine rings is 1. The summed E-state index contributed by atoms with van der Waals surface area (Å²) in [6.45, 7) is 9.70. The monoisotopic (exact) mass is 294 g/mol. The number of aryl methyl sites for hydroxylation is 1. The van der Waals surface area contributed by atoms with E-state index in [0.717, 1.165) is 32.1 Å². The summed E-state index contributed by atoms with van der Waals surface area (Å²) >= 11 is 1.92. The number of hydrogen-bond acceptors (Lipinski definition) is 4. The fraction of sp³-hybridized carbons (Fsp3) is 0.812. The predicted octanol–water partition coefficient (Wildman–Crippen LogP) is 3.35. The Bertz CT molecular complexity index is 463. The van der Waals surface area contributed by atoms with E-state index in [4.69, 9.17) is 9.72 Å². The molecule has 0 amide bonds. The fourth-order valence-corrected chi connectivity index (χ4v) is 4.48. The van der Waals surface area contributed by atoms with Gasteiger partial charge in [0.25, 0.3) is 0 Å². The van der Waals surface area contributed by atoms with E-state index in [9.17, 15) is 0 Å². The molecule has 112 valence electrons. The van der Waals surface area contributed by atoms with Crippen LogP contribution in [0, 0.1) is 11.3 Å². The Kier molecular flexibility index (Phi) is 4.16. The summed E-state index contributed by atoms with van der Waals surface area (Å²) in [4.78, 5) is 6.43. The van der Waals surface area contributed by atoms with Crippen LogP contribution in [0.4, 0.5) is 0 Å². The van der Waals surface area contributed by atoms with E-state index in [-0.39, 0.29) is 0 Å². The summed E-state index contributed by atoms with van der Waals surface area (Å²) in [6.07, 6.45) is 4.94. The molecule has 2 heterocycles. The lowest BCUT2D eigenvalue weighted by Gasteiger charge is -2.35. The number of hydrogen-bond donors (Lipinski definition) is 1. The van der Waals surface area contributed by atoms with Gasteiger partial charge in [-0.1, -0.05) is 27.2 Å². The Morgan fingerprint density at radius 3 is 3.00 bits per heavy atom. The van der Waals surface area contributed by atoms with Gasteiger partial charge in [0.05, 0.1) is 24.9 Å². The molecule has 1 aromatic rings. The van der Waals surface area contributed by atoms with Crippen LogP contribution in [0.1, 0.15) is 55.2 Å². The third kappa shape index (κ3) is 2.78. The van der Waals surface area contributed by atoms with Crippen LogP contribution in [-0.2, 0) is 17.6 Å². The molecule has 1 aliphatic heterocycles. The standard InChI is InChI=1S/C16H26N2OS/c1-4-16(2,3)11-5-6-12-14(9-11)20-15(18-12)13-10-19-8-7-17-13/h11,13,17H,4-10H2,1-3H3. The summed E-state index contributed by atoms with van der Waals surface area (Å²) in [6, 6.07) is 0.317. The van der Waals surface area contributed by atoms with Gasteiger partial charge in [-0.25, -0.2) is 4.98 Å². The molecular weight excluding hydrogens is 268 g/mol. The van der Waals surface area contributed by atoms with Crippen molar-refractivity contribution >= 4 is 11.3 Å². The van der Waals surface area contributed by atoms with Gasteiger partial charge >= 0.3 is 0 Å². The number of rotatable bonds is 3. The van der Waals surface area contributed by atoms with Crippen molar-refractivity contribution in [3.05, 3.63) is 15.6 Å². The summed E-state index contributed by atoms with van der Waals surface area (Å²) in [5.41, 5.74) is 1.81. The molecule has 1 N–H and O–H groups in total. The molecule has 0 radical (unpaired) electrons. The van der Waals surface area contributed by atoms with E-state index in [1.54, 1.807) is 0 Å². The van der Waals surface area contributed by atoms with E-state index >= 15 is 0 Å². The zero-order valence-corrected chi connectivity index (χ0v) is 13.7. The van der Waals surface area contributed by atoms with Gasteiger partial charge in [0.15, 0.2) is 0 Å². The Morgan fingerprint density at radius 2 is 2.30 bits per heavy atom. The van der Waals surface area contributed by atoms with E-state index in [0.29, 0.717) is 11.5 Å². The smallest absolute Gasteiger partial charge is 0.112 e. The summed E-state index contributed by atoms with van der Waals surface area (Å²) in [5, 5.41) is 4.76. The third-order valence-electron chi connectivity index (χ3n) is 5.19. The van der Waals surface area contributed by atoms with Crippen LogP contribution in [0.25, 0.3) is 0 Å². The van der Waals surface area contributed by atoms with E-state index < -0.39 is 0 Å². The first-order valence-corrected chi connectivity index (χ1v) is 8.71. The second kappa shape index (κ2) is 5.74. The van der Waals surface area contributed by atoms with Crippen molar-refractivity contribution < 1.29 is 4.74 Å². The highest BCUT2D eigenvalue weighted by Gasteiger charge is 2.33. The van der Waals surface area contributed by atoms with Crippen molar-refractivity contribution in [3.63, 3.8) is 0 Å². The molecular formula is C16H26N2OS. The lowest BCUT2D eigenvalue weighted by atomic mass is 9.70. The van der Waals surface area contributed by atoms with E-state index in [1.807, 2.05) is 11.3 Å². The minimum Gasteiger partial charge on any atom is -0.378 e. The van der Waals surface area contributed by atoms with Gasteiger partial charge in [-0.2, -0.15) is 0 Å². The van der Waals surface area contributed by atoms with Crippen molar-refractivity contribution in [1.29, 1.82) is 0 Å². The molecule has 2 unspecified atom stereocenters. The zero-order chi connectivity index (χ0) is 14.2. The summed E-state index contributed by atoms with van der Waals surface area (Å²) in [5.74, 6) is 0.809. The van der Waals surface area contributed by atoms with Crippen molar-refractivity contribution in [2.75, 3.05) is 19.8 Å². The molecule has 0 spiro atoms. The average Bonchev–Trinajstić information content (AvgIpc) is 2.91. The largest absolute Gasteiger partial charge is 0.378 e. The molecule has 0 aromatic carbocycles. The molecule has 1 fully saturated rings. The highest BCUT2D eigenvalue weighted by atomic mass is 32.1. The van der Waals surface area contributed by atoms with Crippen molar-refractivity contribution in [1.82, 2.24) is 10.3 Å². The summed E-state index contributed by atoms with van der Waals surface area (Å²) < 4.78 is 5.57. The van der Waals surface area contributed by atoms with Gasteiger partial charge < -0.3 is 10.1 Å². The lowest BCUT2D eigenvalue weighted by molar-refractivity contribution is 0.0767. The highest BCUT2D eigenvalue weighted by molar-refractivity contribution is 7.11. The van der Waals surface area contributed by atoms with Gasteiger partial charge in [-0.15, -0.1) is 11.3 Å². The second-order valence-electron chi connectivity index (χ2n) is 6.79. The SMILES string of the molecule is CCC(C)(C)C1CCc2nc(C3COCCN3)sc2C1. The Balaban J connectivity index is 1.75. The second-order valence-corrected chi connectivity index (χ2v) is 7.90. The minimum atomic E-state index is 0.317. The van der Waals surface area contributed by atoms with Crippen LogP contribution in [0.15, 0.2) is 0 Å². The molecule has 0 saturated carbocycles. The molecule has 1 saturated heterocycles. The third-order valence-corrected chi connectivity index (χ3v) is 6.43. The maximum absolute atomic E-state index is 5.57. The number of aromatic nitrogens is 1. The molecule has 1 aliphatic carbocycles. The quantitative estimate of drug-likeness (QED) is 0.928. The molecule has 20 heavy (non-hydrogen) atoms. The Labute approximate surface area is 126 Å². The number of nitrogens with one attached hydrogen (secondary N) is 1. The van der Waals surface area contributed by atoms with Gasteiger partial charge in [-0.05, 0) is 30.6 Å². The van der Waals surface area contributed by atoms with Crippen LogP contribution in [0.2, 0.25) is 0 Å². The molecule has 2 atom stereocenters. The van der Waals surface area contributed by atoms with Crippen molar-refractivity contribution in [3.8, 4) is 0 Å². The number of thiazole rings is 1. The fourth-order valence-electron chi connectivity index (χ4n) is 3.22. The average molecular weight is 294 g/mol. The Hall–Kier alpha value is -0.450. The van der Waals surface area contributed by atoms with Crippen LogP contribution in [0.3, 0.4) is 0 Å². The van der Waals surface area contributed by atoms with Gasteiger partial charge in [0.2, 0.25) is 0 Å². The maximum Gasteiger partial charge on any atom is 0.112 e. The van der Waals surface area contributed by atoms with E-state index in [2.05, 4.69) is 26.1 Å². The van der Waals surface area contributed by atoms with Gasteiger partial charge in [-0.3, -0.25) is 0 Å².